The van der Waals surface area contributed by atoms with Crippen LogP contribution in [0.15, 0.2) is 42.7 Å². The molecule has 0 aliphatic rings. The fourth-order valence-electron chi connectivity index (χ4n) is 1.32. The van der Waals surface area contributed by atoms with E-state index < -0.39 is 0 Å². The van der Waals surface area contributed by atoms with Crippen molar-refractivity contribution in [2.45, 2.75) is 13.1 Å². The lowest BCUT2D eigenvalue weighted by atomic mass is 10.2. The van der Waals surface area contributed by atoms with E-state index in [0.717, 1.165) is 13.1 Å². The lowest BCUT2D eigenvalue weighted by molar-refractivity contribution is 0.694. The average Bonchev–Trinajstić information content (AvgIpc) is 2.72. The van der Waals surface area contributed by atoms with Crippen LogP contribution in [0.4, 0.5) is 0 Å². The Morgan fingerprint density at radius 2 is 1.86 bits per heavy atom. The monoisotopic (exact) mass is 187 g/mol. The molecule has 0 aliphatic carbocycles. The number of nitrogens with zero attached hydrogens (tertiary/aromatic N) is 1. The Balaban J connectivity index is 1.79. The van der Waals surface area contributed by atoms with E-state index in [2.05, 4.69) is 39.8 Å². The first-order valence-electron chi connectivity index (χ1n) is 4.67. The number of hydrogen-bond donors (Lipinski definition) is 2. The molecule has 3 heteroatoms. The molecule has 1 aromatic heterocycles. The van der Waals surface area contributed by atoms with Gasteiger partial charge in [-0.2, -0.15) is 5.10 Å². The van der Waals surface area contributed by atoms with Crippen LogP contribution in [0.5, 0.6) is 0 Å². The molecule has 0 unspecified atom stereocenters. The molecule has 0 spiro atoms. The fourth-order valence-corrected chi connectivity index (χ4v) is 1.32. The predicted molar refractivity (Wildman–Crippen MR) is 55.6 cm³/mol. The summed E-state index contributed by atoms with van der Waals surface area (Å²) in [6.07, 6.45) is 3.73. The highest BCUT2D eigenvalue weighted by Crippen LogP contribution is 1.98. The molecular formula is C11H13N3. The number of nitrogens with one attached hydrogen (secondary N) is 2. The van der Waals surface area contributed by atoms with E-state index in [-0.39, 0.29) is 0 Å². The first kappa shape index (κ1) is 8.97. The largest absolute Gasteiger partial charge is 0.309 e. The second-order valence-electron chi connectivity index (χ2n) is 3.20. The van der Waals surface area contributed by atoms with Crippen molar-refractivity contribution < 1.29 is 0 Å². The van der Waals surface area contributed by atoms with Crippen molar-refractivity contribution in [1.82, 2.24) is 15.5 Å². The topological polar surface area (TPSA) is 40.7 Å². The molecule has 72 valence electrons. The summed E-state index contributed by atoms with van der Waals surface area (Å²) in [6.45, 7) is 1.75. The molecule has 14 heavy (non-hydrogen) atoms. The Labute approximate surface area is 83.2 Å². The van der Waals surface area contributed by atoms with Crippen molar-refractivity contribution in [2.24, 2.45) is 0 Å². The van der Waals surface area contributed by atoms with Gasteiger partial charge in [-0.25, -0.2) is 0 Å². The number of benzene rings is 1. The van der Waals surface area contributed by atoms with Crippen molar-refractivity contribution in [3.8, 4) is 0 Å². The standard InChI is InChI=1S/C11H13N3/c1-2-4-10(5-3-1)6-12-7-11-8-13-14-9-11/h1-5,8-9,12H,6-7H2,(H,13,14). The highest BCUT2D eigenvalue weighted by atomic mass is 15.1. The summed E-state index contributed by atoms with van der Waals surface area (Å²) in [5.74, 6) is 0. The van der Waals surface area contributed by atoms with Gasteiger partial charge in [-0.3, -0.25) is 5.10 Å². The van der Waals surface area contributed by atoms with Gasteiger partial charge < -0.3 is 5.32 Å². The first-order valence-corrected chi connectivity index (χ1v) is 4.67. The first-order chi connectivity index (χ1) is 6.95. The molecule has 1 aromatic carbocycles. The van der Waals surface area contributed by atoms with Crippen LogP contribution in [0.25, 0.3) is 0 Å². The van der Waals surface area contributed by atoms with Gasteiger partial charge in [-0.15, -0.1) is 0 Å². The molecule has 3 nitrogen and oxygen atoms in total. The van der Waals surface area contributed by atoms with Gasteiger partial charge in [0.1, 0.15) is 0 Å². The molecule has 0 bridgehead atoms. The maximum atomic E-state index is 3.88. The van der Waals surface area contributed by atoms with E-state index >= 15 is 0 Å². The zero-order valence-corrected chi connectivity index (χ0v) is 7.90. The summed E-state index contributed by atoms with van der Waals surface area (Å²) in [6, 6.07) is 10.4. The van der Waals surface area contributed by atoms with Crippen LogP contribution < -0.4 is 5.32 Å². The minimum atomic E-state index is 0.853. The molecule has 1 heterocycles. The van der Waals surface area contributed by atoms with Gasteiger partial charge in [0.2, 0.25) is 0 Å². The summed E-state index contributed by atoms with van der Waals surface area (Å²) in [5, 5.41) is 10.0. The minimum absolute atomic E-state index is 0.853. The van der Waals surface area contributed by atoms with E-state index in [1.807, 2.05) is 18.5 Å². The minimum Gasteiger partial charge on any atom is -0.309 e. The fraction of sp³-hybridized carbons (Fsp3) is 0.182. The summed E-state index contributed by atoms with van der Waals surface area (Å²) in [5.41, 5.74) is 2.48. The van der Waals surface area contributed by atoms with Crippen molar-refractivity contribution >= 4 is 0 Å². The van der Waals surface area contributed by atoms with E-state index in [9.17, 15) is 0 Å². The molecule has 0 saturated carbocycles. The molecule has 0 aliphatic heterocycles. The third kappa shape index (κ3) is 2.44. The zero-order valence-electron chi connectivity index (χ0n) is 7.90. The molecule has 0 atom stereocenters. The average molecular weight is 187 g/mol. The van der Waals surface area contributed by atoms with Gasteiger partial charge in [0.15, 0.2) is 0 Å². The third-order valence-electron chi connectivity index (χ3n) is 2.06. The van der Waals surface area contributed by atoms with Crippen LogP contribution in [-0.2, 0) is 13.1 Å². The van der Waals surface area contributed by atoms with Gasteiger partial charge in [-0.05, 0) is 5.56 Å². The molecule has 2 rings (SSSR count). The summed E-state index contributed by atoms with van der Waals surface area (Å²) in [4.78, 5) is 0. The number of rotatable bonds is 4. The van der Waals surface area contributed by atoms with Crippen LogP contribution >= 0.6 is 0 Å². The lowest BCUT2D eigenvalue weighted by Crippen LogP contribution is -2.11. The second kappa shape index (κ2) is 4.58. The van der Waals surface area contributed by atoms with Crippen molar-refractivity contribution in [1.29, 1.82) is 0 Å². The van der Waals surface area contributed by atoms with Gasteiger partial charge in [-0.1, -0.05) is 30.3 Å². The smallest absolute Gasteiger partial charge is 0.0532 e. The highest BCUT2D eigenvalue weighted by Gasteiger charge is 1.93. The van der Waals surface area contributed by atoms with Gasteiger partial charge in [0.25, 0.3) is 0 Å². The highest BCUT2D eigenvalue weighted by molar-refractivity contribution is 5.14. The van der Waals surface area contributed by atoms with Gasteiger partial charge in [0, 0.05) is 24.8 Å². The lowest BCUT2D eigenvalue weighted by Gasteiger charge is -2.02. The molecule has 0 amide bonds. The van der Waals surface area contributed by atoms with Gasteiger partial charge >= 0.3 is 0 Å². The van der Waals surface area contributed by atoms with Crippen LogP contribution in [0.3, 0.4) is 0 Å². The van der Waals surface area contributed by atoms with Crippen molar-refractivity contribution in [2.75, 3.05) is 0 Å². The normalized spacial score (nSPS) is 10.3. The molecule has 0 radical (unpaired) electrons. The summed E-state index contributed by atoms with van der Waals surface area (Å²) < 4.78 is 0. The van der Waals surface area contributed by atoms with Gasteiger partial charge in [0.05, 0.1) is 6.20 Å². The molecule has 0 saturated heterocycles. The second-order valence-corrected chi connectivity index (χ2v) is 3.20. The number of aromatic amines is 1. The maximum Gasteiger partial charge on any atom is 0.0532 e. The molecular weight excluding hydrogens is 174 g/mol. The SMILES string of the molecule is c1ccc(CNCc2cn[nH]c2)cc1. The Morgan fingerprint density at radius 3 is 2.57 bits per heavy atom. The number of H-pyrrole nitrogens is 1. The molecule has 0 fully saturated rings. The molecule has 2 N–H and O–H groups in total. The Morgan fingerprint density at radius 1 is 1.07 bits per heavy atom. The van der Waals surface area contributed by atoms with Crippen LogP contribution in [0, 0.1) is 0 Å². The molecule has 2 aromatic rings. The third-order valence-corrected chi connectivity index (χ3v) is 2.06. The maximum absolute atomic E-state index is 3.88. The Bertz CT molecular complexity index is 353. The predicted octanol–water partition coefficient (Wildman–Crippen LogP) is 1.70. The van der Waals surface area contributed by atoms with E-state index in [0.29, 0.717) is 0 Å². The van der Waals surface area contributed by atoms with Crippen LogP contribution in [0.2, 0.25) is 0 Å². The Hall–Kier alpha value is -1.61. The van der Waals surface area contributed by atoms with Crippen LogP contribution in [-0.4, -0.2) is 10.2 Å². The van der Waals surface area contributed by atoms with Crippen molar-refractivity contribution in [3.63, 3.8) is 0 Å². The van der Waals surface area contributed by atoms with E-state index in [4.69, 9.17) is 0 Å². The quantitative estimate of drug-likeness (QED) is 0.764. The Kier molecular flexibility index (Phi) is 2.93. The zero-order chi connectivity index (χ0) is 9.64. The summed E-state index contributed by atoms with van der Waals surface area (Å²) >= 11 is 0. The van der Waals surface area contributed by atoms with Crippen LogP contribution in [0.1, 0.15) is 11.1 Å². The number of aromatic nitrogens is 2. The van der Waals surface area contributed by atoms with Crippen molar-refractivity contribution in [3.05, 3.63) is 53.9 Å². The van der Waals surface area contributed by atoms with E-state index in [1.54, 1.807) is 0 Å². The van der Waals surface area contributed by atoms with E-state index in [1.165, 1.54) is 11.1 Å². The number of hydrogen-bond acceptors (Lipinski definition) is 2. The summed E-state index contributed by atoms with van der Waals surface area (Å²) in [7, 11) is 0.